The van der Waals surface area contributed by atoms with Gasteiger partial charge in [-0.15, -0.1) is 0 Å². The Balaban J connectivity index is 1.51. The largest absolute Gasteiger partial charge is 0.381 e. The number of rotatable bonds is 5. The number of benzene rings is 1. The van der Waals surface area contributed by atoms with Crippen LogP contribution in [0.15, 0.2) is 42.7 Å². The van der Waals surface area contributed by atoms with Crippen molar-refractivity contribution in [2.75, 3.05) is 20.8 Å². The molecule has 144 valence electrons. The fourth-order valence-corrected chi connectivity index (χ4v) is 4.62. The lowest BCUT2D eigenvalue weighted by atomic mass is 9.79. The summed E-state index contributed by atoms with van der Waals surface area (Å²) in [7, 11) is 3.52. The number of aromatic nitrogens is 2. The van der Waals surface area contributed by atoms with Gasteiger partial charge in [-0.3, -0.25) is 9.48 Å². The Morgan fingerprint density at radius 3 is 2.81 bits per heavy atom. The minimum Gasteiger partial charge on any atom is -0.381 e. The molecule has 3 atom stereocenters. The van der Waals surface area contributed by atoms with E-state index in [0.29, 0.717) is 12.1 Å². The highest BCUT2D eigenvalue weighted by Crippen LogP contribution is 2.43. The first-order chi connectivity index (χ1) is 13.1. The van der Waals surface area contributed by atoms with Crippen LogP contribution in [0.25, 0.3) is 0 Å². The van der Waals surface area contributed by atoms with Gasteiger partial charge in [-0.25, -0.2) is 0 Å². The fourth-order valence-electron chi connectivity index (χ4n) is 4.62. The van der Waals surface area contributed by atoms with Crippen molar-refractivity contribution < 1.29 is 14.3 Å². The van der Waals surface area contributed by atoms with Crippen LogP contribution in [0, 0.1) is 0 Å². The third kappa shape index (κ3) is 3.39. The van der Waals surface area contributed by atoms with Crippen molar-refractivity contribution in [3.63, 3.8) is 0 Å². The van der Waals surface area contributed by atoms with Gasteiger partial charge in [0.15, 0.2) is 0 Å². The lowest BCUT2D eigenvalue weighted by molar-refractivity contribution is -0.0893. The molecule has 1 saturated carbocycles. The predicted molar refractivity (Wildman–Crippen MR) is 102 cm³/mol. The quantitative estimate of drug-likeness (QED) is 0.813. The molecule has 27 heavy (non-hydrogen) atoms. The molecule has 2 aromatic rings. The van der Waals surface area contributed by atoms with E-state index >= 15 is 0 Å². The number of carbonyl (C=O) groups is 1. The lowest BCUT2D eigenvalue weighted by Crippen LogP contribution is -2.53. The summed E-state index contributed by atoms with van der Waals surface area (Å²) in [5.41, 5.74) is 1.57. The van der Waals surface area contributed by atoms with E-state index in [2.05, 4.69) is 17.2 Å². The lowest BCUT2D eigenvalue weighted by Gasteiger charge is -2.43. The third-order valence-corrected chi connectivity index (χ3v) is 6.20. The summed E-state index contributed by atoms with van der Waals surface area (Å²) in [6.45, 7) is 1.38. The number of hydrogen-bond donors (Lipinski definition) is 0. The second-order valence-electron chi connectivity index (χ2n) is 7.58. The summed E-state index contributed by atoms with van der Waals surface area (Å²) in [4.78, 5) is 15.2. The molecule has 4 rings (SSSR count). The second-order valence-corrected chi connectivity index (χ2v) is 7.58. The zero-order valence-corrected chi connectivity index (χ0v) is 16.0. The van der Waals surface area contributed by atoms with Gasteiger partial charge in [0.05, 0.1) is 36.1 Å². The number of likely N-dealkylation sites (tertiary alicyclic amines) is 1. The Morgan fingerprint density at radius 2 is 2.07 bits per heavy atom. The van der Waals surface area contributed by atoms with Crippen molar-refractivity contribution >= 4 is 5.91 Å². The van der Waals surface area contributed by atoms with E-state index in [0.717, 1.165) is 37.8 Å². The topological polar surface area (TPSA) is 56.6 Å². The van der Waals surface area contributed by atoms with Gasteiger partial charge in [-0.1, -0.05) is 30.3 Å². The first kappa shape index (κ1) is 18.2. The highest BCUT2D eigenvalue weighted by molar-refractivity contribution is 5.94. The number of amides is 1. The molecule has 6 nitrogen and oxygen atoms in total. The summed E-state index contributed by atoms with van der Waals surface area (Å²) in [5, 5.41) is 4.39. The van der Waals surface area contributed by atoms with Crippen molar-refractivity contribution in [3.8, 4) is 0 Å². The molecule has 1 amide bonds. The minimum absolute atomic E-state index is 0.0370. The molecular weight excluding hydrogens is 342 g/mol. The van der Waals surface area contributed by atoms with Crippen molar-refractivity contribution in [1.82, 2.24) is 14.7 Å². The van der Waals surface area contributed by atoms with E-state index in [9.17, 15) is 4.79 Å². The summed E-state index contributed by atoms with van der Waals surface area (Å²) >= 11 is 0. The minimum atomic E-state index is -0.231. The van der Waals surface area contributed by atoms with Crippen LogP contribution in [0.2, 0.25) is 0 Å². The van der Waals surface area contributed by atoms with Crippen LogP contribution < -0.4 is 0 Å². The van der Waals surface area contributed by atoms with Crippen LogP contribution in [-0.2, 0) is 16.0 Å². The van der Waals surface area contributed by atoms with Gasteiger partial charge in [0.2, 0.25) is 0 Å². The van der Waals surface area contributed by atoms with E-state index in [1.165, 1.54) is 0 Å². The van der Waals surface area contributed by atoms with Crippen LogP contribution in [0.1, 0.15) is 41.6 Å². The number of ether oxygens (including phenoxy) is 2. The fraction of sp³-hybridized carbons (Fsp3) is 0.524. The molecule has 1 aromatic heterocycles. The molecule has 0 unspecified atom stereocenters. The molecule has 2 aliphatic rings. The molecule has 1 aliphatic heterocycles. The van der Waals surface area contributed by atoms with Crippen molar-refractivity contribution in [1.29, 1.82) is 0 Å². The van der Waals surface area contributed by atoms with Crippen LogP contribution in [0.3, 0.4) is 0 Å². The normalized spacial score (nSPS) is 27.6. The zero-order valence-electron chi connectivity index (χ0n) is 16.0. The number of carbonyl (C=O) groups excluding carboxylic acids is 1. The molecule has 0 spiro atoms. The van der Waals surface area contributed by atoms with E-state index in [1.54, 1.807) is 20.4 Å². The average Bonchev–Trinajstić information content (AvgIpc) is 3.33. The molecule has 2 fully saturated rings. The summed E-state index contributed by atoms with van der Waals surface area (Å²) < 4.78 is 13.3. The van der Waals surface area contributed by atoms with Crippen molar-refractivity contribution in [2.45, 2.75) is 50.0 Å². The molecular formula is C21H27N3O3. The highest BCUT2D eigenvalue weighted by Gasteiger charge is 2.52. The van der Waals surface area contributed by atoms with Crippen molar-refractivity contribution in [3.05, 3.63) is 53.9 Å². The highest BCUT2D eigenvalue weighted by atomic mass is 16.5. The summed E-state index contributed by atoms with van der Waals surface area (Å²) in [6, 6.07) is 10.2. The van der Waals surface area contributed by atoms with E-state index in [-0.39, 0.29) is 23.7 Å². The molecule has 0 N–H and O–H groups in total. The predicted octanol–water partition coefficient (Wildman–Crippen LogP) is 2.73. The molecule has 0 radical (unpaired) electrons. The average molecular weight is 369 g/mol. The van der Waals surface area contributed by atoms with Crippen molar-refractivity contribution in [2.24, 2.45) is 0 Å². The van der Waals surface area contributed by atoms with Gasteiger partial charge in [-0.05, 0) is 31.2 Å². The van der Waals surface area contributed by atoms with Gasteiger partial charge in [0.1, 0.15) is 0 Å². The smallest absolute Gasteiger partial charge is 0.257 e. The Labute approximate surface area is 160 Å². The molecule has 6 heteroatoms. The van der Waals surface area contributed by atoms with E-state index in [1.807, 2.05) is 34.0 Å². The van der Waals surface area contributed by atoms with Gasteiger partial charge in [0.25, 0.3) is 5.91 Å². The van der Waals surface area contributed by atoms with Crippen LogP contribution in [0.5, 0.6) is 0 Å². The number of nitrogens with zero attached hydrogens (tertiary/aromatic N) is 3. The number of fused-ring (bicyclic) bond motifs is 1. The van der Waals surface area contributed by atoms with E-state index in [4.69, 9.17) is 9.47 Å². The first-order valence-corrected chi connectivity index (χ1v) is 9.60. The Hall–Kier alpha value is -2.18. The third-order valence-electron chi connectivity index (χ3n) is 6.20. The summed E-state index contributed by atoms with van der Waals surface area (Å²) in [5.74, 6) is 0.0370. The molecule has 0 bridgehead atoms. The van der Waals surface area contributed by atoms with Gasteiger partial charge < -0.3 is 14.4 Å². The summed E-state index contributed by atoms with van der Waals surface area (Å²) in [6.07, 6.45) is 7.34. The zero-order chi connectivity index (χ0) is 18.9. The SMILES string of the molecule is CO[C@@H]1CC[C@@]2(OC)CCN(C(=O)c3cnn(Cc4ccccc4)c3)[C@H]2C1. The monoisotopic (exact) mass is 369 g/mol. The van der Waals surface area contributed by atoms with Gasteiger partial charge >= 0.3 is 0 Å². The van der Waals surface area contributed by atoms with Crippen LogP contribution in [0.4, 0.5) is 0 Å². The Kier molecular flexibility index (Phi) is 5.02. The maximum absolute atomic E-state index is 13.2. The maximum atomic E-state index is 13.2. The van der Waals surface area contributed by atoms with E-state index < -0.39 is 0 Å². The Morgan fingerprint density at radius 1 is 1.26 bits per heavy atom. The molecule has 1 aromatic carbocycles. The maximum Gasteiger partial charge on any atom is 0.257 e. The number of hydrogen-bond acceptors (Lipinski definition) is 4. The second kappa shape index (κ2) is 7.44. The van der Waals surface area contributed by atoms with Gasteiger partial charge in [0, 0.05) is 27.0 Å². The van der Waals surface area contributed by atoms with Crippen LogP contribution >= 0.6 is 0 Å². The Bertz CT molecular complexity index is 791. The molecule has 2 heterocycles. The molecule has 1 aliphatic carbocycles. The first-order valence-electron chi connectivity index (χ1n) is 9.60. The standard InChI is InChI=1S/C21H27N3O3/c1-26-18-8-9-21(27-2)10-11-24(19(21)12-18)20(25)17-13-22-23(15-17)14-16-6-4-3-5-7-16/h3-7,13,15,18-19H,8-12,14H2,1-2H3/t18-,19+,21-/m1/s1. The van der Waals surface area contributed by atoms with Gasteiger partial charge in [-0.2, -0.15) is 5.10 Å². The number of methoxy groups -OCH3 is 2. The molecule has 1 saturated heterocycles. The van der Waals surface area contributed by atoms with Crippen LogP contribution in [-0.4, -0.2) is 59.1 Å².